The monoisotopic (exact) mass is 524 g/mol. The quantitative estimate of drug-likeness (QED) is 0.217. The molecule has 0 radical (unpaired) electrons. The number of fused-ring (bicyclic) bond motifs is 1. The summed E-state index contributed by atoms with van der Waals surface area (Å²) < 4.78 is 22.0. The molecule has 12 heteroatoms. The van der Waals surface area contributed by atoms with Gasteiger partial charge in [-0.05, 0) is 38.0 Å². The second-order valence-electron chi connectivity index (χ2n) is 9.86. The molecule has 1 aromatic carbocycles. The Bertz CT molecular complexity index is 1180. The van der Waals surface area contributed by atoms with Gasteiger partial charge in [0.15, 0.2) is 6.10 Å². The number of hydrogen-bond donors (Lipinski definition) is 5. The lowest BCUT2D eigenvalue weighted by Gasteiger charge is -2.40. The molecule has 6 atom stereocenters. The van der Waals surface area contributed by atoms with Crippen molar-refractivity contribution in [2.45, 2.75) is 76.5 Å². The molecule has 0 bridgehead atoms. The van der Waals surface area contributed by atoms with E-state index in [1.165, 1.54) is 32.0 Å². The summed E-state index contributed by atoms with van der Waals surface area (Å²) in [5.74, 6) is -2.10. The van der Waals surface area contributed by atoms with Crippen molar-refractivity contribution in [3.63, 3.8) is 0 Å². The molecular weight excluding hydrogens is 492 g/mol. The highest BCUT2D eigenvalue weighted by molar-refractivity contribution is 5.97. The van der Waals surface area contributed by atoms with Gasteiger partial charge in [0.1, 0.15) is 41.3 Å². The SMILES string of the molecule is CC(C)CC(=O)O[C@H](C(=O)C(C)(C)O)c1c(O[C@@H]2O[C@H](CO)[C@@H](O)[C@H](O)[C@H]2O)ccc2ccc(=O)oc12. The number of aliphatic hydroxyl groups is 5. The first-order valence-corrected chi connectivity index (χ1v) is 11.7. The number of ether oxygens (including phenoxy) is 3. The van der Waals surface area contributed by atoms with Crippen molar-refractivity contribution in [2.24, 2.45) is 5.92 Å². The van der Waals surface area contributed by atoms with E-state index in [-0.39, 0.29) is 29.2 Å². The van der Waals surface area contributed by atoms with Crippen LogP contribution in [-0.2, 0) is 19.1 Å². The van der Waals surface area contributed by atoms with Crippen LogP contribution in [0, 0.1) is 5.92 Å². The normalized spacial score (nSPS) is 25.2. The first-order valence-electron chi connectivity index (χ1n) is 11.7. The smallest absolute Gasteiger partial charge is 0.336 e. The van der Waals surface area contributed by atoms with Gasteiger partial charge in [0.2, 0.25) is 12.1 Å². The number of benzene rings is 1. The molecule has 0 unspecified atom stereocenters. The van der Waals surface area contributed by atoms with Crippen LogP contribution in [-0.4, -0.2) is 80.2 Å². The van der Waals surface area contributed by atoms with Crippen molar-refractivity contribution in [1.29, 1.82) is 0 Å². The Labute approximate surface area is 212 Å². The van der Waals surface area contributed by atoms with Crippen LogP contribution in [0.1, 0.15) is 45.8 Å². The highest BCUT2D eigenvalue weighted by Crippen LogP contribution is 2.39. The van der Waals surface area contributed by atoms with Crippen molar-refractivity contribution in [2.75, 3.05) is 6.61 Å². The molecule has 1 aromatic heterocycles. The van der Waals surface area contributed by atoms with Gasteiger partial charge in [0.05, 0.1) is 12.2 Å². The third kappa shape index (κ3) is 6.35. The van der Waals surface area contributed by atoms with Crippen LogP contribution >= 0.6 is 0 Å². The molecule has 0 spiro atoms. The molecule has 2 aromatic rings. The van der Waals surface area contributed by atoms with Crippen molar-refractivity contribution in [1.82, 2.24) is 0 Å². The zero-order chi connectivity index (χ0) is 27.7. The minimum Gasteiger partial charge on any atom is -0.461 e. The van der Waals surface area contributed by atoms with Crippen molar-refractivity contribution >= 4 is 22.7 Å². The van der Waals surface area contributed by atoms with Crippen LogP contribution in [0.5, 0.6) is 5.75 Å². The standard InChI is InChI=1S/C25H32O12/c1-11(2)9-16(28)37-22(23(32)25(3,4)33)17-13(7-5-12-6-8-15(27)36-21(12)17)34-24-20(31)19(30)18(29)14(10-26)35-24/h5-8,11,14,18-20,22,24,26,29-31,33H,9-10H2,1-4H3/t14-,18-,19+,20-,22+,24-/m1/s1. The molecule has 204 valence electrons. The molecule has 1 saturated heterocycles. The molecule has 12 nitrogen and oxygen atoms in total. The van der Waals surface area contributed by atoms with Crippen molar-refractivity contribution in [3.8, 4) is 5.75 Å². The fourth-order valence-electron chi connectivity index (χ4n) is 3.85. The summed E-state index contributed by atoms with van der Waals surface area (Å²) in [5.41, 5.74) is -3.21. The molecule has 1 fully saturated rings. The van der Waals surface area contributed by atoms with Crippen LogP contribution < -0.4 is 10.4 Å². The van der Waals surface area contributed by atoms with E-state index in [2.05, 4.69) is 0 Å². The fourth-order valence-corrected chi connectivity index (χ4v) is 3.85. The highest BCUT2D eigenvalue weighted by Gasteiger charge is 2.46. The van der Waals surface area contributed by atoms with Gasteiger partial charge in [-0.1, -0.05) is 13.8 Å². The Morgan fingerprint density at radius 1 is 1.05 bits per heavy atom. The number of carbonyl (C=O) groups is 2. The van der Waals surface area contributed by atoms with Crippen LogP contribution in [0.2, 0.25) is 0 Å². The van der Waals surface area contributed by atoms with Gasteiger partial charge in [-0.15, -0.1) is 0 Å². The number of ketones is 1. The molecule has 0 saturated carbocycles. The number of rotatable bonds is 9. The summed E-state index contributed by atoms with van der Waals surface area (Å²) in [7, 11) is 0. The Hall–Kier alpha value is -2.87. The Morgan fingerprint density at radius 2 is 1.70 bits per heavy atom. The van der Waals surface area contributed by atoms with E-state index in [0.29, 0.717) is 5.39 Å². The van der Waals surface area contributed by atoms with E-state index < -0.39 is 66.4 Å². The van der Waals surface area contributed by atoms with E-state index in [1.54, 1.807) is 13.8 Å². The number of esters is 1. The highest BCUT2D eigenvalue weighted by atomic mass is 16.7. The van der Waals surface area contributed by atoms with Crippen molar-refractivity contribution < 1.29 is 53.7 Å². The molecule has 1 aliphatic heterocycles. The fraction of sp³-hybridized carbons (Fsp3) is 0.560. The minimum absolute atomic E-state index is 0.0622. The Morgan fingerprint density at radius 3 is 2.30 bits per heavy atom. The van der Waals surface area contributed by atoms with Crippen LogP contribution in [0.15, 0.2) is 33.5 Å². The maximum absolute atomic E-state index is 13.3. The third-order valence-electron chi connectivity index (χ3n) is 5.81. The van der Waals surface area contributed by atoms with E-state index in [4.69, 9.17) is 18.6 Å². The Balaban J connectivity index is 2.18. The van der Waals surface area contributed by atoms with Gasteiger partial charge in [0.25, 0.3) is 0 Å². The largest absolute Gasteiger partial charge is 0.461 e. The van der Waals surface area contributed by atoms with Crippen LogP contribution in [0.25, 0.3) is 11.0 Å². The number of aliphatic hydroxyl groups excluding tert-OH is 4. The lowest BCUT2D eigenvalue weighted by molar-refractivity contribution is -0.277. The molecule has 1 aliphatic rings. The molecule has 37 heavy (non-hydrogen) atoms. The summed E-state index contributed by atoms with van der Waals surface area (Å²) in [6.07, 6.45) is -10.0. The molecule has 0 amide bonds. The Kier molecular flexibility index (Phi) is 8.73. The van der Waals surface area contributed by atoms with Gasteiger partial charge in [-0.2, -0.15) is 0 Å². The van der Waals surface area contributed by atoms with E-state index in [1.807, 2.05) is 0 Å². The maximum Gasteiger partial charge on any atom is 0.336 e. The van der Waals surface area contributed by atoms with Gasteiger partial charge in [-0.3, -0.25) is 9.59 Å². The lowest BCUT2D eigenvalue weighted by atomic mass is 9.92. The average Bonchev–Trinajstić information content (AvgIpc) is 2.81. The summed E-state index contributed by atoms with van der Waals surface area (Å²) in [6, 6.07) is 5.34. The average molecular weight is 525 g/mol. The number of Topliss-reactive ketones (excluding diaryl/α,β-unsaturated/α-hetero) is 1. The second-order valence-corrected chi connectivity index (χ2v) is 9.86. The van der Waals surface area contributed by atoms with Crippen LogP contribution in [0.4, 0.5) is 0 Å². The van der Waals surface area contributed by atoms with E-state index >= 15 is 0 Å². The summed E-state index contributed by atoms with van der Waals surface area (Å²) in [4.78, 5) is 38.1. The first-order chi connectivity index (χ1) is 17.2. The molecule has 3 rings (SSSR count). The van der Waals surface area contributed by atoms with Gasteiger partial charge in [-0.25, -0.2) is 4.79 Å². The summed E-state index contributed by atoms with van der Waals surface area (Å²) >= 11 is 0. The zero-order valence-corrected chi connectivity index (χ0v) is 20.9. The van der Waals surface area contributed by atoms with Crippen molar-refractivity contribution in [3.05, 3.63) is 40.2 Å². The topological polar surface area (TPSA) is 193 Å². The van der Waals surface area contributed by atoms with Gasteiger partial charge in [0, 0.05) is 17.9 Å². The zero-order valence-electron chi connectivity index (χ0n) is 20.9. The molecular formula is C25H32O12. The number of carbonyl (C=O) groups excluding carboxylic acids is 2. The third-order valence-corrected chi connectivity index (χ3v) is 5.81. The van der Waals surface area contributed by atoms with E-state index in [0.717, 1.165) is 6.07 Å². The number of hydrogen-bond acceptors (Lipinski definition) is 12. The predicted octanol–water partition coefficient (Wildman–Crippen LogP) is -0.0579. The molecule has 0 aliphatic carbocycles. The lowest BCUT2D eigenvalue weighted by Crippen LogP contribution is -2.60. The van der Waals surface area contributed by atoms with Gasteiger partial charge < -0.3 is 44.2 Å². The van der Waals surface area contributed by atoms with E-state index in [9.17, 15) is 39.9 Å². The summed E-state index contributed by atoms with van der Waals surface area (Å²) in [6.45, 7) is 5.20. The molecule has 5 N–H and O–H groups in total. The maximum atomic E-state index is 13.3. The predicted molar refractivity (Wildman–Crippen MR) is 126 cm³/mol. The van der Waals surface area contributed by atoms with Crippen LogP contribution in [0.3, 0.4) is 0 Å². The second kappa shape index (κ2) is 11.3. The first kappa shape index (κ1) is 28.7. The minimum atomic E-state index is -2.00. The van der Waals surface area contributed by atoms with Gasteiger partial charge >= 0.3 is 11.6 Å². The molecule has 2 heterocycles. The summed E-state index contributed by atoms with van der Waals surface area (Å²) in [5, 5.41) is 51.0.